The first-order valence-corrected chi connectivity index (χ1v) is 33.0. The monoisotopic (exact) mass is 1400 g/mol. The van der Waals surface area contributed by atoms with Crippen LogP contribution in [0.4, 0.5) is 52.0 Å². The first-order valence-electron chi connectivity index (χ1n) is 33.0. The van der Waals surface area contributed by atoms with E-state index >= 15 is 0 Å². The number of ether oxygens (including phenoxy) is 3. The van der Waals surface area contributed by atoms with Crippen molar-refractivity contribution in [1.29, 1.82) is 0 Å². The van der Waals surface area contributed by atoms with Crippen molar-refractivity contribution in [2.24, 2.45) is 17.8 Å². The van der Waals surface area contributed by atoms with E-state index in [0.717, 1.165) is 156 Å². The quantitative estimate of drug-likeness (QED) is 0.0438. The van der Waals surface area contributed by atoms with Crippen molar-refractivity contribution in [3.05, 3.63) is 109 Å². The van der Waals surface area contributed by atoms with Gasteiger partial charge in [0, 0.05) is 98.6 Å². The van der Waals surface area contributed by atoms with E-state index in [2.05, 4.69) is 112 Å². The number of benzene rings is 3. The number of aromatic nitrogens is 12. The van der Waals surface area contributed by atoms with Crippen LogP contribution in [0.25, 0.3) is 49.4 Å². The number of hydrogen-bond donors (Lipinski definition) is 12. The minimum atomic E-state index is -0.774. The van der Waals surface area contributed by atoms with Crippen LogP contribution in [-0.4, -0.2) is 214 Å². The molecule has 8 heterocycles. The van der Waals surface area contributed by atoms with Gasteiger partial charge in [0.1, 0.15) is 71.1 Å². The summed E-state index contributed by atoms with van der Waals surface area (Å²) >= 11 is 0. The molecule has 3 aliphatic carbocycles. The molecule has 0 radical (unpaired) electrons. The molecule has 2 saturated heterocycles. The van der Waals surface area contributed by atoms with Crippen molar-refractivity contribution >= 4 is 132 Å². The number of likely N-dealkylation sites (N-methyl/N-ethyl adjacent to an activating group) is 2. The van der Waals surface area contributed by atoms with Gasteiger partial charge in [-0.05, 0) is 107 Å². The van der Waals surface area contributed by atoms with Crippen molar-refractivity contribution < 1.29 is 53.5 Å². The number of nitrogens with two attached hydrogens (primary N) is 3. The van der Waals surface area contributed by atoms with Gasteiger partial charge in [-0.1, -0.05) is 18.2 Å². The van der Waals surface area contributed by atoms with Crippen molar-refractivity contribution in [3.63, 3.8) is 0 Å². The molecule has 5 aliphatic rings. The topological polar surface area (TPSA) is 464 Å². The minimum absolute atomic E-state index is 0.0120. The number of piperazine rings is 2. The normalized spacial score (nSPS) is 17.6. The summed E-state index contributed by atoms with van der Waals surface area (Å²) in [6, 6.07) is 11.5. The Kier molecular flexibility index (Phi) is 24.4. The lowest BCUT2D eigenvalue weighted by atomic mass is 9.85. The molecule has 33 heteroatoms. The van der Waals surface area contributed by atoms with Gasteiger partial charge in [0.25, 0.3) is 12.9 Å². The second-order valence-electron chi connectivity index (χ2n) is 24.8. The number of anilines is 9. The fraction of sp³-hybridized carbons (Fsp3) is 0.362. The average molecular weight is 1400 g/mol. The van der Waals surface area contributed by atoms with Gasteiger partial charge in [0.15, 0.2) is 0 Å². The number of hydrogen-bond acceptors (Lipinski definition) is 25. The van der Waals surface area contributed by atoms with E-state index in [1.807, 2.05) is 52.3 Å². The van der Waals surface area contributed by atoms with Gasteiger partial charge in [0.2, 0.25) is 11.8 Å². The Morgan fingerprint density at radius 2 is 0.775 bits per heavy atom. The van der Waals surface area contributed by atoms with Crippen molar-refractivity contribution in [2.75, 3.05) is 121 Å². The number of methoxy groups -OCH3 is 3. The van der Waals surface area contributed by atoms with E-state index in [4.69, 9.17) is 51.2 Å². The van der Waals surface area contributed by atoms with E-state index < -0.39 is 5.97 Å². The number of allylic oxidation sites excluding steroid dienone is 6. The van der Waals surface area contributed by atoms with Crippen molar-refractivity contribution in [1.82, 2.24) is 80.1 Å². The summed E-state index contributed by atoms with van der Waals surface area (Å²) in [5.41, 5.74) is 29.0. The molecule has 14 rings (SSSR count). The smallest absolute Gasteiger partial charge is 0.306 e. The third-order valence-electron chi connectivity index (χ3n) is 18.5. The zero-order valence-corrected chi connectivity index (χ0v) is 57.2. The number of carboxylic acid groups (broad SMARTS) is 3. The molecule has 0 spiro atoms. The molecule has 6 aromatic heterocycles. The highest BCUT2D eigenvalue weighted by atomic mass is 16.5. The Labute approximate surface area is 586 Å². The van der Waals surface area contributed by atoms with Crippen LogP contribution in [0.1, 0.15) is 74.5 Å². The van der Waals surface area contributed by atoms with Gasteiger partial charge in [-0.15, -0.1) is 0 Å². The van der Waals surface area contributed by atoms with Crippen LogP contribution in [0, 0.1) is 17.8 Å². The summed E-state index contributed by atoms with van der Waals surface area (Å²) in [7, 11) is 9.03. The maximum atomic E-state index is 13.0. The van der Waals surface area contributed by atoms with Crippen molar-refractivity contribution in [2.45, 2.75) is 57.8 Å². The van der Waals surface area contributed by atoms with E-state index in [0.29, 0.717) is 89.8 Å². The van der Waals surface area contributed by atoms with Crippen LogP contribution in [0.5, 0.6) is 17.2 Å². The third-order valence-corrected chi connectivity index (χ3v) is 18.5. The number of H-pyrrole nitrogens is 3. The molecule has 2 aliphatic heterocycles. The molecule has 3 aromatic carbocycles. The van der Waals surface area contributed by atoms with Gasteiger partial charge < -0.3 is 82.3 Å². The van der Waals surface area contributed by atoms with Gasteiger partial charge in [-0.25, -0.2) is 29.9 Å². The number of carbonyl (C=O) groups excluding carboxylic acids is 2. The van der Waals surface area contributed by atoms with E-state index in [-0.39, 0.29) is 42.5 Å². The number of carboxylic acids is 1. The predicted molar refractivity (Wildman–Crippen MR) is 386 cm³/mol. The van der Waals surface area contributed by atoms with Gasteiger partial charge in [-0.2, -0.15) is 15.3 Å². The molecule has 15 N–H and O–H groups in total. The second kappa shape index (κ2) is 34.2. The molecular weight excluding hydrogens is 1310 g/mol. The van der Waals surface area contributed by atoms with E-state index in [1.54, 1.807) is 39.9 Å². The molecular formula is C69H84N22O11. The SMILES string of the molecule is COc1cc2[nH]ncc2cc1Nc1ncnc(N)c1C1=CCC(C(=O)N2CCN(C)CC2)CC1.COc1cc2[nH]ncc2cc1Nc1ncnc(N)c1C1=CCC(C(=O)N2CCN(C)CC2)CC1.COc1cc2[nH]ncc2cc1Nc1ncnc(N)c1C1=CCC(C(=O)O)CC1.O=CO.O=CO. The molecule has 3 unspecified atom stereocenters. The number of nitrogen functional groups attached to an aromatic ring is 3. The van der Waals surface area contributed by atoms with Crippen LogP contribution in [0.2, 0.25) is 0 Å². The Hall–Kier alpha value is -12.0. The largest absolute Gasteiger partial charge is 0.494 e. The van der Waals surface area contributed by atoms with Crippen LogP contribution < -0.4 is 47.4 Å². The van der Waals surface area contributed by atoms with Gasteiger partial charge >= 0.3 is 5.97 Å². The molecule has 0 saturated carbocycles. The summed E-state index contributed by atoms with van der Waals surface area (Å²) in [5, 5.41) is 56.9. The molecule has 2 fully saturated rings. The molecule has 102 heavy (non-hydrogen) atoms. The Bertz CT molecular complexity index is 4340. The Balaban J connectivity index is 0.000000159. The lowest BCUT2D eigenvalue weighted by Crippen LogP contribution is -2.49. The third kappa shape index (κ3) is 17.3. The lowest BCUT2D eigenvalue weighted by Gasteiger charge is -2.35. The number of nitrogens with one attached hydrogen (secondary N) is 6. The summed E-state index contributed by atoms with van der Waals surface area (Å²) in [5.74, 6) is 4.31. The lowest BCUT2D eigenvalue weighted by molar-refractivity contribution is -0.142. The summed E-state index contributed by atoms with van der Waals surface area (Å²) in [4.78, 5) is 88.5. The molecule has 0 bridgehead atoms. The maximum absolute atomic E-state index is 13.0. The Morgan fingerprint density at radius 3 is 1.04 bits per heavy atom. The van der Waals surface area contributed by atoms with Crippen LogP contribution in [0.3, 0.4) is 0 Å². The summed E-state index contributed by atoms with van der Waals surface area (Å²) < 4.78 is 16.6. The van der Waals surface area contributed by atoms with Gasteiger partial charge in [-0.3, -0.25) is 39.3 Å². The summed E-state index contributed by atoms with van der Waals surface area (Å²) in [6.07, 6.45) is 21.8. The molecule has 2 amide bonds. The second-order valence-corrected chi connectivity index (χ2v) is 24.8. The molecule has 9 aromatic rings. The standard InChI is InChI=1S/2C24H30N8O2.C19H20N6O3.2CH2O2/c2*1-31-7-9-32(10-8-31)24(33)16-5-3-15(4-6-16)21-22(25)26-14-27-23(21)29-19-11-17-13-28-30-18(17)12-20(19)34-2;1-28-15-7-13-12(8-23-25-13)6-14(15)24-18-16(17(20)21-9-22-18)10-2-4-11(5-3-10)19(26)27;2*2-1-3/h2*3,11-14,16H,4-10H2,1-2H3,(H,28,30)(H3,25,26,27,29);2,6-9,11H,3-5H2,1H3,(H,23,25)(H,26,27)(H3,20,21,22,24);2*1H,(H,2,3). The highest BCUT2D eigenvalue weighted by molar-refractivity contribution is 5.93. The van der Waals surface area contributed by atoms with Crippen LogP contribution in [-0.2, 0) is 24.0 Å². The number of rotatable bonds is 15. The number of amides is 2. The summed E-state index contributed by atoms with van der Waals surface area (Å²) in [6.45, 7) is 6.44. The highest BCUT2D eigenvalue weighted by Gasteiger charge is 2.32. The fourth-order valence-electron chi connectivity index (χ4n) is 13.0. The average Bonchev–Trinajstić information content (AvgIpc) is 1.30. The number of aliphatic carboxylic acids is 1. The highest BCUT2D eigenvalue weighted by Crippen LogP contribution is 2.43. The maximum Gasteiger partial charge on any atom is 0.306 e. The van der Waals surface area contributed by atoms with E-state index in [9.17, 15) is 19.5 Å². The molecule has 3 atom stereocenters. The predicted octanol–water partition coefficient (Wildman–Crippen LogP) is 7.65. The molecule has 536 valence electrons. The van der Waals surface area contributed by atoms with Crippen LogP contribution >= 0.6 is 0 Å². The number of fused-ring (bicyclic) bond motifs is 3. The number of carbonyl (C=O) groups is 5. The van der Waals surface area contributed by atoms with Crippen LogP contribution in [0.15, 0.2) is 92.2 Å². The number of aromatic amines is 3. The zero-order chi connectivity index (χ0) is 72.4. The first-order chi connectivity index (χ1) is 49.4. The first kappa shape index (κ1) is 72.7. The van der Waals surface area contributed by atoms with Crippen molar-refractivity contribution in [3.8, 4) is 17.2 Å². The minimum Gasteiger partial charge on any atom is -0.494 e. The van der Waals surface area contributed by atoms with E-state index in [1.165, 1.54) is 19.0 Å². The molecule has 33 nitrogen and oxygen atoms in total. The fourth-order valence-corrected chi connectivity index (χ4v) is 13.0. The van der Waals surface area contributed by atoms with Gasteiger partial charge in [0.05, 0.1) is 96.1 Å². The number of nitrogens with zero attached hydrogens (tertiary/aromatic N) is 13. The zero-order valence-electron chi connectivity index (χ0n) is 57.2. The Morgan fingerprint density at radius 1 is 0.480 bits per heavy atom.